The van der Waals surface area contributed by atoms with E-state index in [-0.39, 0.29) is 41.7 Å². The van der Waals surface area contributed by atoms with Crippen LogP contribution in [0.5, 0.6) is 5.75 Å². The number of nitrogens with zero attached hydrogens (tertiary/aromatic N) is 2. The smallest absolute Gasteiger partial charge is 0.363 e. The lowest BCUT2D eigenvalue weighted by Gasteiger charge is -2.31. The Hall–Kier alpha value is -6.39. The molecule has 5 N–H and O–H groups in total. The van der Waals surface area contributed by atoms with Crippen LogP contribution in [0.25, 0.3) is 11.3 Å². The number of furan rings is 1. The van der Waals surface area contributed by atoms with Crippen LogP contribution in [-0.2, 0) is 24.0 Å². The second-order valence-electron chi connectivity index (χ2n) is 12.9. The highest BCUT2D eigenvalue weighted by Crippen LogP contribution is 2.29. The van der Waals surface area contributed by atoms with Crippen LogP contribution in [0.4, 0.5) is 5.69 Å². The summed E-state index contributed by atoms with van der Waals surface area (Å²) in [5, 5.41) is 26.6. The molecule has 0 fully saturated rings. The standard InChI is InChI=1S/C39H49N5O12/c1-6-9-10-14-27(30(7-2)44(23-45)56-39(53)25-12-11-13-26(19-25)43(4)5)35(48)40-22-41-37(50)32-18-17-31(55-32)24-15-16-28(33(20-24)54-8-3)36(49)42-29(38(51)52)21-34(46)47/h11-13,15-20,23,27,29-30H,6-10,14,21-22H2,1-5H3,(H,40,48)(H,41,50)(H,42,49)(H,46,47)(H,51,52)/t27-,29+,30-/m1/s1. The molecule has 4 amide bonds. The zero-order valence-corrected chi connectivity index (χ0v) is 32.0. The average Bonchev–Trinajstić information content (AvgIpc) is 3.67. The van der Waals surface area contributed by atoms with E-state index in [1.54, 1.807) is 32.0 Å². The second-order valence-corrected chi connectivity index (χ2v) is 12.9. The number of unbranched alkanes of at least 4 members (excludes halogenated alkanes) is 2. The second kappa shape index (κ2) is 21.5. The Morgan fingerprint density at radius 1 is 0.911 bits per heavy atom. The molecule has 0 radical (unpaired) electrons. The van der Waals surface area contributed by atoms with E-state index < -0.39 is 60.1 Å². The number of carbonyl (C=O) groups excluding carboxylic acids is 5. The summed E-state index contributed by atoms with van der Waals surface area (Å²) in [6.07, 6.45) is 2.62. The zero-order chi connectivity index (χ0) is 41.4. The number of hydrogen-bond donors (Lipinski definition) is 5. The Labute approximate surface area is 324 Å². The minimum absolute atomic E-state index is 0.0463. The maximum absolute atomic E-state index is 13.6. The van der Waals surface area contributed by atoms with E-state index in [4.69, 9.17) is 19.1 Å². The summed E-state index contributed by atoms with van der Waals surface area (Å²) in [6.45, 7) is 5.31. The van der Waals surface area contributed by atoms with Crippen LogP contribution in [-0.4, -0.2) is 96.8 Å². The molecule has 0 aliphatic carbocycles. The SMILES string of the molecule is CCCCC[C@@H](C(=O)NCNC(=O)c1ccc(-c2ccc(C(=O)N[C@@H](CC(=O)O)C(=O)O)c(OCC)c2)o1)[C@@H](CC)N(C=O)OC(=O)c1cccc(N(C)C)c1. The van der Waals surface area contributed by atoms with Crippen LogP contribution in [0.1, 0.15) is 90.6 Å². The number of carbonyl (C=O) groups is 7. The molecule has 1 aromatic heterocycles. The van der Waals surface area contributed by atoms with E-state index in [0.29, 0.717) is 31.2 Å². The van der Waals surface area contributed by atoms with E-state index in [9.17, 15) is 38.7 Å². The fourth-order valence-corrected chi connectivity index (χ4v) is 5.77. The first-order valence-corrected chi connectivity index (χ1v) is 18.2. The van der Waals surface area contributed by atoms with Gasteiger partial charge >= 0.3 is 17.9 Å². The average molecular weight is 780 g/mol. The van der Waals surface area contributed by atoms with Gasteiger partial charge in [-0.1, -0.05) is 45.2 Å². The Kier molecular flexibility index (Phi) is 16.9. The molecule has 0 unspecified atom stereocenters. The summed E-state index contributed by atoms with van der Waals surface area (Å²) in [5.41, 5.74) is 1.35. The number of hydrogen-bond acceptors (Lipinski definition) is 11. The van der Waals surface area contributed by atoms with Crippen LogP contribution in [0, 0.1) is 5.92 Å². The molecule has 0 saturated carbocycles. The molecule has 17 heteroatoms. The lowest BCUT2D eigenvalue weighted by atomic mass is 9.90. The largest absolute Gasteiger partial charge is 0.493 e. The predicted octanol–water partition coefficient (Wildman–Crippen LogP) is 4.08. The van der Waals surface area contributed by atoms with E-state index in [1.165, 1.54) is 30.3 Å². The van der Waals surface area contributed by atoms with Gasteiger partial charge in [0.25, 0.3) is 11.8 Å². The molecule has 1 heterocycles. The fraction of sp³-hybridized carbons (Fsp3) is 0.410. The summed E-state index contributed by atoms with van der Waals surface area (Å²) in [5.74, 6) is -6.25. The number of anilines is 1. The van der Waals surface area contributed by atoms with Crippen molar-refractivity contribution in [2.45, 2.75) is 71.4 Å². The third-order valence-corrected chi connectivity index (χ3v) is 8.69. The highest BCUT2D eigenvalue weighted by atomic mass is 16.7. The van der Waals surface area contributed by atoms with Crippen LogP contribution in [0.2, 0.25) is 0 Å². The van der Waals surface area contributed by atoms with E-state index in [1.807, 2.05) is 32.0 Å². The topological polar surface area (TPSA) is 234 Å². The summed E-state index contributed by atoms with van der Waals surface area (Å²) >= 11 is 0. The molecule has 0 aliphatic heterocycles. The van der Waals surface area contributed by atoms with Gasteiger partial charge in [-0.25, -0.2) is 9.59 Å². The third-order valence-electron chi connectivity index (χ3n) is 8.69. The quantitative estimate of drug-likeness (QED) is 0.0396. The molecular weight excluding hydrogens is 730 g/mol. The number of carboxylic acids is 2. The number of ether oxygens (including phenoxy) is 1. The summed E-state index contributed by atoms with van der Waals surface area (Å²) in [6, 6.07) is 11.4. The molecule has 0 spiro atoms. The van der Waals surface area contributed by atoms with Gasteiger partial charge in [0.1, 0.15) is 17.6 Å². The van der Waals surface area contributed by atoms with E-state index in [2.05, 4.69) is 16.0 Å². The number of aliphatic carboxylic acids is 2. The number of amides is 4. The third kappa shape index (κ3) is 12.3. The van der Waals surface area contributed by atoms with Crippen molar-refractivity contribution in [3.05, 3.63) is 71.5 Å². The van der Waals surface area contributed by atoms with Gasteiger partial charge in [-0.15, -0.1) is 0 Å². The van der Waals surface area contributed by atoms with Gasteiger partial charge in [0.15, 0.2) is 5.76 Å². The Morgan fingerprint density at radius 3 is 2.29 bits per heavy atom. The maximum Gasteiger partial charge on any atom is 0.363 e. The number of benzene rings is 2. The van der Waals surface area contributed by atoms with Gasteiger partial charge in [0.05, 0.1) is 42.8 Å². The van der Waals surface area contributed by atoms with Gasteiger partial charge in [-0.05, 0) is 62.2 Å². The fourth-order valence-electron chi connectivity index (χ4n) is 5.77. The normalized spacial score (nSPS) is 12.3. The van der Waals surface area contributed by atoms with E-state index in [0.717, 1.165) is 23.6 Å². The number of carboxylic acid groups (broad SMARTS) is 2. The van der Waals surface area contributed by atoms with Crippen molar-refractivity contribution >= 4 is 47.7 Å². The van der Waals surface area contributed by atoms with Crippen LogP contribution in [0.15, 0.2) is 59.0 Å². The molecule has 56 heavy (non-hydrogen) atoms. The van der Waals surface area contributed by atoms with Crippen molar-refractivity contribution in [1.29, 1.82) is 0 Å². The molecular formula is C39H49N5O12. The van der Waals surface area contributed by atoms with Crippen molar-refractivity contribution in [2.24, 2.45) is 5.92 Å². The molecule has 0 bridgehead atoms. The first-order valence-electron chi connectivity index (χ1n) is 18.2. The van der Waals surface area contributed by atoms with Crippen molar-refractivity contribution < 1.29 is 57.8 Å². The van der Waals surface area contributed by atoms with Crippen molar-refractivity contribution in [3.63, 3.8) is 0 Å². The van der Waals surface area contributed by atoms with Crippen LogP contribution in [0.3, 0.4) is 0 Å². The molecule has 0 saturated heterocycles. The van der Waals surface area contributed by atoms with Gasteiger partial charge in [-0.2, -0.15) is 5.06 Å². The van der Waals surface area contributed by atoms with Crippen LogP contribution < -0.4 is 25.6 Å². The molecule has 3 aromatic rings. The Morgan fingerprint density at radius 2 is 1.66 bits per heavy atom. The monoisotopic (exact) mass is 779 g/mol. The summed E-state index contributed by atoms with van der Waals surface area (Å²) in [7, 11) is 3.65. The highest BCUT2D eigenvalue weighted by Gasteiger charge is 2.34. The molecule has 3 rings (SSSR count). The van der Waals surface area contributed by atoms with Gasteiger partial charge in [-0.3, -0.25) is 24.0 Å². The van der Waals surface area contributed by atoms with Crippen molar-refractivity contribution in [2.75, 3.05) is 32.3 Å². The molecule has 2 aromatic carbocycles. The van der Waals surface area contributed by atoms with Gasteiger partial charge < -0.3 is 45.1 Å². The van der Waals surface area contributed by atoms with Gasteiger partial charge in [0, 0.05) is 25.3 Å². The molecule has 3 atom stereocenters. The molecule has 302 valence electrons. The Bertz CT molecular complexity index is 1860. The highest BCUT2D eigenvalue weighted by molar-refractivity contribution is 6.00. The Balaban J connectivity index is 1.70. The molecule has 17 nitrogen and oxygen atoms in total. The zero-order valence-electron chi connectivity index (χ0n) is 32.0. The summed E-state index contributed by atoms with van der Waals surface area (Å²) in [4.78, 5) is 94.6. The minimum atomic E-state index is -1.67. The number of nitrogens with one attached hydrogen (secondary N) is 3. The van der Waals surface area contributed by atoms with Crippen LogP contribution >= 0.6 is 0 Å². The predicted molar refractivity (Wildman–Crippen MR) is 203 cm³/mol. The van der Waals surface area contributed by atoms with E-state index >= 15 is 0 Å². The maximum atomic E-state index is 13.6. The number of hydroxylamine groups is 2. The summed E-state index contributed by atoms with van der Waals surface area (Å²) < 4.78 is 11.3. The lowest BCUT2D eigenvalue weighted by Crippen LogP contribution is -2.49. The van der Waals surface area contributed by atoms with Gasteiger partial charge in [0.2, 0.25) is 12.3 Å². The first-order chi connectivity index (χ1) is 26.7. The van der Waals surface area contributed by atoms with Crippen molar-refractivity contribution in [1.82, 2.24) is 21.0 Å². The lowest BCUT2D eigenvalue weighted by molar-refractivity contribution is -0.171. The first kappa shape index (κ1) is 44.0. The minimum Gasteiger partial charge on any atom is -0.493 e. The number of rotatable bonds is 23. The van der Waals surface area contributed by atoms with Crippen molar-refractivity contribution in [3.8, 4) is 17.1 Å². The molecule has 0 aliphatic rings.